The third kappa shape index (κ3) is 4.03. The van der Waals surface area contributed by atoms with E-state index < -0.39 is 0 Å². The van der Waals surface area contributed by atoms with Gasteiger partial charge in [-0.1, -0.05) is 12.8 Å². The van der Waals surface area contributed by atoms with Gasteiger partial charge in [-0.3, -0.25) is 9.59 Å². The Morgan fingerprint density at radius 2 is 1.81 bits per heavy atom. The van der Waals surface area contributed by atoms with Gasteiger partial charge in [0.2, 0.25) is 0 Å². The minimum absolute atomic E-state index is 0.0155. The second kappa shape index (κ2) is 8.42. The number of fused-ring (bicyclic) bond motifs is 1. The molecule has 7 nitrogen and oxygen atoms in total. The van der Waals surface area contributed by atoms with Crippen molar-refractivity contribution in [1.82, 2.24) is 19.8 Å². The summed E-state index contributed by atoms with van der Waals surface area (Å²) in [6.07, 6.45) is 9.47. The quantitative estimate of drug-likeness (QED) is 0.876. The summed E-state index contributed by atoms with van der Waals surface area (Å²) in [5.41, 5.74) is 1.36. The van der Waals surface area contributed by atoms with Gasteiger partial charge in [-0.2, -0.15) is 0 Å². The Labute approximate surface area is 160 Å². The Balaban J connectivity index is 1.53. The predicted octanol–water partition coefficient (Wildman–Crippen LogP) is 2.14. The molecule has 2 fully saturated rings. The van der Waals surface area contributed by atoms with E-state index in [1.165, 1.54) is 12.8 Å². The number of rotatable bonds is 4. The monoisotopic (exact) mass is 374 g/mol. The lowest BCUT2D eigenvalue weighted by Crippen LogP contribution is -2.34. The molecule has 1 unspecified atom stereocenters. The smallest absolute Gasteiger partial charge is 0.289 e. The molecule has 1 aromatic heterocycles. The molecule has 7 heteroatoms. The number of nitrogens with zero attached hydrogens (tertiary/aromatic N) is 3. The average Bonchev–Trinajstić information content (AvgIpc) is 3.26. The fourth-order valence-corrected chi connectivity index (χ4v) is 4.40. The van der Waals surface area contributed by atoms with Gasteiger partial charge in [-0.05, 0) is 44.9 Å². The molecule has 0 bridgehead atoms. The van der Waals surface area contributed by atoms with Crippen LogP contribution < -0.4 is 5.32 Å². The summed E-state index contributed by atoms with van der Waals surface area (Å²) in [5.74, 6) is 0.262. The number of imidazole rings is 1. The van der Waals surface area contributed by atoms with Crippen molar-refractivity contribution in [2.75, 3.05) is 26.2 Å². The van der Waals surface area contributed by atoms with Gasteiger partial charge in [0.1, 0.15) is 5.69 Å². The highest BCUT2D eigenvalue weighted by Crippen LogP contribution is 2.23. The van der Waals surface area contributed by atoms with Crippen LogP contribution in [0.4, 0.5) is 0 Å². The second-order valence-electron chi connectivity index (χ2n) is 7.89. The van der Waals surface area contributed by atoms with Crippen LogP contribution in [0.5, 0.6) is 0 Å². The number of carbonyl (C=O) groups excluding carboxylic acids is 2. The Bertz CT molecular complexity index is 686. The van der Waals surface area contributed by atoms with Crippen LogP contribution in [-0.4, -0.2) is 58.6 Å². The Morgan fingerprint density at radius 1 is 1.04 bits per heavy atom. The summed E-state index contributed by atoms with van der Waals surface area (Å²) in [5, 5.41) is 2.97. The van der Waals surface area contributed by atoms with E-state index in [1.807, 2.05) is 9.47 Å². The van der Waals surface area contributed by atoms with Crippen molar-refractivity contribution in [2.24, 2.45) is 0 Å². The fraction of sp³-hybridized carbons (Fsp3) is 0.750. The van der Waals surface area contributed by atoms with Crippen LogP contribution in [0.3, 0.4) is 0 Å². The lowest BCUT2D eigenvalue weighted by atomic mass is 10.1. The second-order valence-corrected chi connectivity index (χ2v) is 7.89. The van der Waals surface area contributed by atoms with Crippen molar-refractivity contribution in [3.63, 3.8) is 0 Å². The maximum atomic E-state index is 13.1. The molecule has 4 rings (SSSR count). The molecule has 1 aromatic rings. The number of hydrogen-bond donors (Lipinski definition) is 1. The van der Waals surface area contributed by atoms with Gasteiger partial charge >= 0.3 is 0 Å². The Morgan fingerprint density at radius 3 is 2.56 bits per heavy atom. The van der Waals surface area contributed by atoms with E-state index in [9.17, 15) is 9.59 Å². The highest BCUT2D eigenvalue weighted by atomic mass is 16.5. The van der Waals surface area contributed by atoms with Gasteiger partial charge in [-0.15, -0.1) is 0 Å². The molecule has 2 saturated heterocycles. The zero-order valence-corrected chi connectivity index (χ0v) is 16.0. The highest BCUT2D eigenvalue weighted by Gasteiger charge is 2.30. The predicted molar refractivity (Wildman–Crippen MR) is 101 cm³/mol. The molecule has 0 aliphatic carbocycles. The van der Waals surface area contributed by atoms with Gasteiger partial charge in [0.15, 0.2) is 5.82 Å². The molecular weight excluding hydrogens is 344 g/mol. The normalized spacial score (nSPS) is 23.0. The zero-order valence-electron chi connectivity index (χ0n) is 16.0. The Hall–Kier alpha value is -1.89. The maximum Gasteiger partial charge on any atom is 0.289 e. The summed E-state index contributed by atoms with van der Waals surface area (Å²) in [7, 11) is 0. The van der Waals surface area contributed by atoms with E-state index in [4.69, 9.17) is 4.74 Å². The molecule has 0 spiro atoms. The summed E-state index contributed by atoms with van der Waals surface area (Å²) >= 11 is 0. The van der Waals surface area contributed by atoms with Crippen LogP contribution in [0.15, 0.2) is 0 Å². The van der Waals surface area contributed by atoms with Gasteiger partial charge in [0.25, 0.3) is 11.8 Å². The molecule has 0 saturated carbocycles. The van der Waals surface area contributed by atoms with E-state index in [2.05, 4.69) is 10.3 Å². The van der Waals surface area contributed by atoms with Crippen molar-refractivity contribution >= 4 is 11.8 Å². The number of likely N-dealkylation sites (tertiary alicyclic amines) is 1. The van der Waals surface area contributed by atoms with Crippen LogP contribution in [0, 0.1) is 0 Å². The van der Waals surface area contributed by atoms with Crippen molar-refractivity contribution in [2.45, 2.75) is 70.4 Å². The van der Waals surface area contributed by atoms with Gasteiger partial charge in [-0.25, -0.2) is 4.98 Å². The number of nitrogens with one attached hydrogen (secondary N) is 1. The maximum absolute atomic E-state index is 13.1. The third-order valence-corrected chi connectivity index (χ3v) is 5.93. The number of ether oxygens (including phenoxy) is 1. The van der Waals surface area contributed by atoms with Crippen molar-refractivity contribution < 1.29 is 14.3 Å². The first kappa shape index (κ1) is 18.5. The molecule has 0 radical (unpaired) electrons. The summed E-state index contributed by atoms with van der Waals surface area (Å²) in [4.78, 5) is 32.4. The van der Waals surface area contributed by atoms with Gasteiger partial charge < -0.3 is 19.5 Å². The van der Waals surface area contributed by atoms with Crippen molar-refractivity contribution in [3.05, 3.63) is 17.2 Å². The minimum atomic E-state index is -0.175. The first-order valence-electron chi connectivity index (χ1n) is 10.5. The molecule has 0 aromatic carbocycles. The van der Waals surface area contributed by atoms with Crippen molar-refractivity contribution in [3.8, 4) is 0 Å². The van der Waals surface area contributed by atoms with Crippen LogP contribution in [0.2, 0.25) is 0 Å². The summed E-state index contributed by atoms with van der Waals surface area (Å²) in [6, 6.07) is 0. The number of hydrogen-bond acceptors (Lipinski definition) is 4. The molecule has 1 atom stereocenters. The molecular formula is C20H30N4O3. The van der Waals surface area contributed by atoms with Crippen molar-refractivity contribution in [1.29, 1.82) is 0 Å². The van der Waals surface area contributed by atoms with Gasteiger partial charge in [0, 0.05) is 32.8 Å². The van der Waals surface area contributed by atoms with E-state index in [0.717, 1.165) is 76.9 Å². The number of carbonyl (C=O) groups is 2. The minimum Gasteiger partial charge on any atom is -0.376 e. The van der Waals surface area contributed by atoms with E-state index >= 15 is 0 Å². The van der Waals surface area contributed by atoms with E-state index in [1.54, 1.807) is 0 Å². The van der Waals surface area contributed by atoms with Crippen LogP contribution >= 0.6 is 0 Å². The topological polar surface area (TPSA) is 76.5 Å². The van der Waals surface area contributed by atoms with Gasteiger partial charge in [0.05, 0.1) is 11.8 Å². The summed E-state index contributed by atoms with van der Waals surface area (Å²) < 4.78 is 7.58. The molecule has 3 aliphatic rings. The average molecular weight is 374 g/mol. The Kier molecular flexibility index (Phi) is 5.76. The number of amides is 2. The molecule has 2 amide bonds. The summed E-state index contributed by atoms with van der Waals surface area (Å²) in [6.45, 7) is 3.65. The van der Waals surface area contributed by atoms with Crippen LogP contribution in [-0.2, 0) is 17.7 Å². The van der Waals surface area contributed by atoms with Crippen LogP contribution in [0.1, 0.15) is 78.2 Å². The standard InChI is InChI=1S/C20H30N4O3/c25-19(21-14-15-8-7-13-27-15)17-16-9-3-6-12-24(16)18(22-17)20(26)23-10-4-1-2-5-11-23/h15H,1-14H2,(H,21,25). The largest absolute Gasteiger partial charge is 0.376 e. The lowest BCUT2D eigenvalue weighted by Gasteiger charge is -2.22. The van der Waals surface area contributed by atoms with Crippen LogP contribution in [0.25, 0.3) is 0 Å². The molecule has 4 heterocycles. The highest BCUT2D eigenvalue weighted by molar-refractivity contribution is 5.97. The molecule has 27 heavy (non-hydrogen) atoms. The molecule has 1 N–H and O–H groups in total. The zero-order chi connectivity index (χ0) is 18.6. The third-order valence-electron chi connectivity index (χ3n) is 5.93. The first-order chi connectivity index (χ1) is 13.2. The molecule has 3 aliphatic heterocycles. The van der Waals surface area contributed by atoms with E-state index in [0.29, 0.717) is 18.1 Å². The number of aromatic nitrogens is 2. The lowest BCUT2D eigenvalue weighted by molar-refractivity contribution is 0.0743. The molecule has 148 valence electrons. The van der Waals surface area contributed by atoms with E-state index in [-0.39, 0.29) is 17.9 Å². The SMILES string of the molecule is O=C(NCC1CCCO1)c1nc(C(=O)N2CCCCCC2)n2c1CCCC2. The first-order valence-corrected chi connectivity index (χ1v) is 10.5. The fourth-order valence-electron chi connectivity index (χ4n) is 4.40.